The topological polar surface area (TPSA) is 68.1 Å². The molecule has 456 valence electrons. The van der Waals surface area contributed by atoms with Crippen LogP contribution in [0.1, 0.15) is 86.2 Å². The Kier molecular flexibility index (Phi) is 14.1. The third-order valence-corrected chi connectivity index (χ3v) is 18.0. The second-order valence-electron chi connectivity index (χ2n) is 24.6. The van der Waals surface area contributed by atoms with Crippen LogP contribution in [0.25, 0.3) is 133 Å². The zero-order valence-corrected chi connectivity index (χ0v) is 54.3. The molecule has 8 aromatic carbocycles. The van der Waals surface area contributed by atoms with Gasteiger partial charge in [0.25, 0.3) is 0 Å². The van der Waals surface area contributed by atoms with Crippen LogP contribution < -0.4 is 18.3 Å². The molecule has 8 nitrogen and oxygen atoms in total. The van der Waals surface area contributed by atoms with Gasteiger partial charge in [0.1, 0.15) is 72.9 Å². The van der Waals surface area contributed by atoms with E-state index in [9.17, 15) is 0 Å². The Morgan fingerprint density at radius 1 is 0.337 bits per heavy atom. The van der Waals surface area contributed by atoms with Gasteiger partial charge in [0.05, 0.1) is 22.3 Å². The van der Waals surface area contributed by atoms with E-state index in [-0.39, 0.29) is 6.42 Å². The molecule has 0 aliphatic rings. The molecule has 8 heterocycles. The summed E-state index contributed by atoms with van der Waals surface area (Å²) in [7, 11) is 8.01. The van der Waals surface area contributed by atoms with Gasteiger partial charge in [-0.05, 0) is 180 Å². The number of rotatable bonds is 6. The quantitative estimate of drug-likeness (QED) is 0.156. The zero-order valence-electron chi connectivity index (χ0n) is 61.3. The van der Waals surface area contributed by atoms with Gasteiger partial charge in [-0.15, -0.1) is 0 Å². The van der Waals surface area contributed by atoms with Crippen LogP contribution in [0, 0.1) is 48.5 Å². The van der Waals surface area contributed by atoms with Crippen LogP contribution in [0.3, 0.4) is 0 Å². The maximum absolute atomic E-state index is 8.31. The van der Waals surface area contributed by atoms with Crippen LogP contribution in [-0.4, -0.2) is 0 Å². The van der Waals surface area contributed by atoms with Crippen molar-refractivity contribution in [2.45, 2.75) is 81.4 Å². The predicted molar refractivity (Wildman–Crippen MR) is 378 cm³/mol. The molecule has 0 saturated carbocycles. The SMILES string of the molecule is Cc1cc(-c2cc3oc4ccccc4c3cc2C)[n+](C)cc1C.Cc1ccc(-c2cc3oc4ccccc4c3cc2C)[n+](C)c1.[2H]C([2H])([2H])C([2H])(C)c1ccc(-c2cc3oc4ccccc4c3cc2C)[n+](C)c1.[2H]C([2H])([2H])Cc1ccc(-c2cc3oc4ccccc4c3cc2C)[n+](C)c1. The second-order valence-corrected chi connectivity index (χ2v) is 24.6. The van der Waals surface area contributed by atoms with Crippen molar-refractivity contribution in [3.8, 4) is 45.0 Å². The number of nitrogens with zero attached hydrogens (tertiary/aromatic N) is 4. The number of hydrogen-bond donors (Lipinski definition) is 0. The third-order valence-electron chi connectivity index (χ3n) is 18.0. The Balaban J connectivity index is 0.000000119. The van der Waals surface area contributed by atoms with Crippen molar-refractivity contribution < 1.29 is 45.5 Å². The van der Waals surface area contributed by atoms with Gasteiger partial charge in [-0.1, -0.05) is 93.4 Å². The molecule has 0 aliphatic heterocycles. The summed E-state index contributed by atoms with van der Waals surface area (Å²) in [6.45, 7) is 12.0. The largest absolute Gasteiger partial charge is 0.456 e. The number of fused-ring (bicyclic) bond motifs is 12. The van der Waals surface area contributed by atoms with E-state index in [0.29, 0.717) is 5.56 Å². The standard InChI is InChI=1S/C22H22NO.2C21H20NO.C20H18NO/c1-14(2)16-9-10-20(23(4)13-16)18-12-22-19(11-15(18)3)17-7-5-6-8-21(17)24-22;1-13-10-19(22(4)12-15(13)3)17-11-21-18(9-14(17)2)16-7-5-6-8-20(16)23-21;1-4-15-9-10-19(22(3)13-15)17-12-21-18(11-14(17)2)16-7-5-6-8-20(16)23-21;1-13-8-9-18(21(3)12-13)16-11-20-17(10-14(16)2)15-6-4-5-7-19(15)22-20/h5-14H,1-4H3;5-12H,1-4H3;5-13H,4H2,1-3H3;4-12H,1-3H3/q4*+1/i1D3,14D;;1D3;. The first kappa shape index (κ1) is 52.3. The van der Waals surface area contributed by atoms with Crippen molar-refractivity contribution in [3.05, 3.63) is 263 Å². The summed E-state index contributed by atoms with van der Waals surface area (Å²) in [5.74, 6) is -1.67. The molecule has 1 unspecified atom stereocenters. The fraction of sp³-hybridized carbons (Fsp3) is 0.190. The number of benzene rings is 8. The van der Waals surface area contributed by atoms with Crippen molar-refractivity contribution in [1.29, 1.82) is 0 Å². The number of aromatic nitrogens is 4. The highest BCUT2D eigenvalue weighted by atomic mass is 16.3. The molecule has 0 saturated heterocycles. The van der Waals surface area contributed by atoms with E-state index < -0.39 is 19.6 Å². The highest BCUT2D eigenvalue weighted by Crippen LogP contribution is 2.38. The number of hydrogen-bond acceptors (Lipinski definition) is 4. The molecule has 0 amide bonds. The number of pyridine rings is 4. The first-order valence-electron chi connectivity index (χ1n) is 34.7. The molecule has 8 aromatic heterocycles. The molecular formula is C84H80N4O4+4. The molecule has 16 aromatic rings. The van der Waals surface area contributed by atoms with Crippen LogP contribution in [0.2, 0.25) is 0 Å². The highest BCUT2D eigenvalue weighted by molar-refractivity contribution is 6.09. The normalized spacial score (nSPS) is 13.5. The highest BCUT2D eigenvalue weighted by Gasteiger charge is 2.22. The van der Waals surface area contributed by atoms with Crippen LogP contribution >= 0.6 is 0 Å². The van der Waals surface area contributed by atoms with E-state index in [2.05, 4.69) is 181 Å². The molecule has 16 rings (SSSR count). The first-order chi connectivity index (χ1) is 47.1. The summed E-state index contributed by atoms with van der Waals surface area (Å²) >= 11 is 0. The molecule has 0 spiro atoms. The van der Waals surface area contributed by atoms with Gasteiger partial charge >= 0.3 is 0 Å². The average Bonchev–Trinajstić information content (AvgIpc) is 1.65. The van der Waals surface area contributed by atoms with E-state index in [1.54, 1.807) is 12.3 Å². The Morgan fingerprint density at radius 3 is 1.08 bits per heavy atom. The van der Waals surface area contributed by atoms with E-state index in [0.717, 1.165) is 105 Å². The molecule has 0 aliphatic carbocycles. The summed E-state index contributed by atoms with van der Waals surface area (Å²) in [5, 5.41) is 9.15. The minimum Gasteiger partial charge on any atom is -0.456 e. The second kappa shape index (κ2) is 24.7. The zero-order chi connectivity index (χ0) is 70.1. The Bertz CT molecular complexity index is 5830. The average molecular weight is 1220 g/mol. The predicted octanol–water partition coefficient (Wildman–Crippen LogP) is 20.2. The lowest BCUT2D eigenvalue weighted by Crippen LogP contribution is -2.31. The van der Waals surface area contributed by atoms with Crippen LogP contribution in [0.5, 0.6) is 0 Å². The number of para-hydroxylation sites is 4. The van der Waals surface area contributed by atoms with Crippen LogP contribution in [-0.2, 0) is 34.6 Å². The van der Waals surface area contributed by atoms with Gasteiger partial charge in [0.2, 0.25) is 22.8 Å². The Morgan fingerprint density at radius 2 is 0.696 bits per heavy atom. The van der Waals surface area contributed by atoms with Gasteiger partial charge in [-0.2, -0.15) is 0 Å². The van der Waals surface area contributed by atoms with Gasteiger partial charge < -0.3 is 17.7 Å². The molecule has 0 bridgehead atoms. The molecule has 0 N–H and O–H groups in total. The van der Waals surface area contributed by atoms with Crippen LogP contribution in [0.4, 0.5) is 0 Å². The summed E-state index contributed by atoms with van der Waals surface area (Å²) < 4.78 is 86.0. The third kappa shape index (κ3) is 11.5. The summed E-state index contributed by atoms with van der Waals surface area (Å²) in [4.78, 5) is 0. The molecule has 0 radical (unpaired) electrons. The molecule has 92 heavy (non-hydrogen) atoms. The Hall–Kier alpha value is -10.4. The first-order valence-corrected chi connectivity index (χ1v) is 31.2. The summed E-state index contributed by atoms with van der Waals surface area (Å²) in [6, 6.07) is 63.7. The van der Waals surface area contributed by atoms with Crippen molar-refractivity contribution >= 4 is 87.8 Å². The summed E-state index contributed by atoms with van der Waals surface area (Å²) in [5.41, 5.74) is 26.0. The van der Waals surface area contributed by atoms with Crippen LogP contribution in [0.15, 0.2) is 231 Å². The van der Waals surface area contributed by atoms with Gasteiger partial charge in [-0.25, -0.2) is 18.3 Å². The maximum atomic E-state index is 8.31. The minimum atomic E-state index is -2.40. The lowest BCUT2D eigenvalue weighted by molar-refractivity contribution is -0.661. The monoisotopic (exact) mass is 1220 g/mol. The fourth-order valence-electron chi connectivity index (χ4n) is 13.0. The lowest BCUT2D eigenvalue weighted by Gasteiger charge is -2.08. The van der Waals surface area contributed by atoms with E-state index in [4.69, 9.17) is 27.3 Å². The number of aryl methyl sites for hydroxylation is 12. The summed E-state index contributed by atoms with van der Waals surface area (Å²) in [6.07, 6.45) is 8.04. The maximum Gasteiger partial charge on any atom is 0.212 e. The molecule has 1 atom stereocenters. The smallest absolute Gasteiger partial charge is 0.212 e. The van der Waals surface area contributed by atoms with Crippen molar-refractivity contribution in [2.24, 2.45) is 28.2 Å². The van der Waals surface area contributed by atoms with Gasteiger partial charge in [-0.3, -0.25) is 0 Å². The van der Waals surface area contributed by atoms with Crippen molar-refractivity contribution in [3.63, 3.8) is 0 Å². The fourth-order valence-corrected chi connectivity index (χ4v) is 13.0. The Labute approximate surface area is 548 Å². The van der Waals surface area contributed by atoms with Crippen molar-refractivity contribution in [2.75, 3.05) is 0 Å². The van der Waals surface area contributed by atoms with Gasteiger partial charge in [0, 0.05) is 99.2 Å². The van der Waals surface area contributed by atoms with Gasteiger partial charge in [0.15, 0.2) is 24.8 Å². The molecular weight excluding hydrogens is 1130 g/mol. The van der Waals surface area contributed by atoms with E-state index in [1.807, 2.05) is 114 Å². The van der Waals surface area contributed by atoms with E-state index in [1.165, 1.54) is 78.8 Å². The lowest BCUT2D eigenvalue weighted by atomic mass is 9.99. The van der Waals surface area contributed by atoms with Crippen molar-refractivity contribution in [1.82, 2.24) is 0 Å². The number of furan rings is 4. The molecule has 0 fully saturated rings. The minimum absolute atomic E-state index is 0.0721. The molecule has 8 heteroatoms. The van der Waals surface area contributed by atoms with E-state index >= 15 is 0 Å².